The highest BCUT2D eigenvalue weighted by molar-refractivity contribution is 7.90. The van der Waals surface area contributed by atoms with Crippen LogP contribution >= 0.6 is 23.2 Å². The molecule has 0 saturated heterocycles. The highest BCUT2D eigenvalue weighted by Crippen LogP contribution is 2.47. The molecule has 9 heteroatoms. The van der Waals surface area contributed by atoms with Crippen molar-refractivity contribution in [2.75, 3.05) is 11.2 Å². The summed E-state index contributed by atoms with van der Waals surface area (Å²) in [5.74, 6) is 0.219. The normalized spacial score (nSPS) is 17.0. The van der Waals surface area contributed by atoms with Crippen LogP contribution in [0.1, 0.15) is 30.1 Å². The van der Waals surface area contributed by atoms with Crippen molar-refractivity contribution in [3.05, 3.63) is 116 Å². The fourth-order valence-corrected chi connectivity index (χ4v) is 5.81. The summed E-state index contributed by atoms with van der Waals surface area (Å²) in [7, 11) is -3.47. The summed E-state index contributed by atoms with van der Waals surface area (Å²) in [4.78, 5) is 28.8. The largest absolute Gasteiger partial charge is 0.288 e. The predicted molar refractivity (Wildman–Crippen MR) is 146 cm³/mol. The molecule has 2 unspecified atom stereocenters. The van der Waals surface area contributed by atoms with E-state index in [0.29, 0.717) is 27.0 Å². The van der Waals surface area contributed by atoms with Gasteiger partial charge in [0.2, 0.25) is 5.91 Å². The first kappa shape index (κ1) is 25.3. The molecule has 0 fully saturated rings. The summed E-state index contributed by atoms with van der Waals surface area (Å²) in [5.41, 5.74) is 2.06. The van der Waals surface area contributed by atoms with Gasteiger partial charge in [0.05, 0.1) is 17.0 Å². The Kier molecular flexibility index (Phi) is 6.48. The minimum absolute atomic E-state index is 0.119. The highest BCUT2D eigenvalue weighted by Gasteiger charge is 2.43. The van der Waals surface area contributed by atoms with E-state index in [0.717, 1.165) is 17.4 Å². The predicted octanol–water partition coefficient (Wildman–Crippen LogP) is 5.92. The van der Waals surface area contributed by atoms with Crippen LogP contribution in [-0.4, -0.2) is 25.1 Å². The number of pyridine rings is 1. The lowest BCUT2D eigenvalue weighted by Crippen LogP contribution is -2.31. The first-order valence-electron chi connectivity index (χ1n) is 11.4. The monoisotopic (exact) mass is 552 g/mol. The molecule has 1 aromatic heterocycles. The maximum atomic E-state index is 14.1. The van der Waals surface area contributed by atoms with Gasteiger partial charge in [0, 0.05) is 28.8 Å². The van der Waals surface area contributed by atoms with Gasteiger partial charge in [-0.3, -0.25) is 19.1 Å². The Morgan fingerprint density at radius 1 is 0.811 bits per heavy atom. The lowest BCUT2D eigenvalue weighted by atomic mass is 9.93. The van der Waals surface area contributed by atoms with Gasteiger partial charge in [-0.05, 0) is 65.2 Å². The van der Waals surface area contributed by atoms with Crippen molar-refractivity contribution >= 4 is 44.8 Å². The number of hydrogen-bond acceptors (Lipinski definition) is 4. The zero-order valence-electron chi connectivity index (χ0n) is 19.9. The number of nitrogens with zero attached hydrogens (tertiary/aromatic N) is 2. The molecule has 4 aromatic rings. The molecular weight excluding hydrogens is 531 g/mol. The maximum absolute atomic E-state index is 14.1. The number of fused-ring (bicyclic) bond motifs is 1. The number of anilines is 1. The highest BCUT2D eigenvalue weighted by atomic mass is 35.5. The number of benzene rings is 3. The van der Waals surface area contributed by atoms with E-state index in [4.69, 9.17) is 23.2 Å². The number of aromatic nitrogens is 1. The zero-order chi connectivity index (χ0) is 26.5. The van der Waals surface area contributed by atoms with Crippen molar-refractivity contribution in [3.8, 4) is 11.1 Å². The molecule has 6 nitrogen and oxygen atoms in total. The SMILES string of the molecule is CC(=O)N1c2ccc(-c3cccc(S(C)(=O)=O)c3)c(=O)n2C(c2ccc(Cl)cc2)C1c1ccc(Cl)cc1. The van der Waals surface area contributed by atoms with Crippen LogP contribution in [0.4, 0.5) is 5.82 Å². The van der Waals surface area contributed by atoms with E-state index in [1.165, 1.54) is 19.1 Å². The maximum Gasteiger partial charge on any atom is 0.260 e. The van der Waals surface area contributed by atoms with Gasteiger partial charge >= 0.3 is 0 Å². The zero-order valence-corrected chi connectivity index (χ0v) is 22.3. The molecular formula is C28H22Cl2N2O4S. The quantitative estimate of drug-likeness (QED) is 0.314. The van der Waals surface area contributed by atoms with E-state index in [-0.39, 0.29) is 16.4 Å². The van der Waals surface area contributed by atoms with E-state index in [1.54, 1.807) is 58.0 Å². The summed E-state index contributed by atoms with van der Waals surface area (Å²) in [6.07, 6.45) is 1.12. The van der Waals surface area contributed by atoms with Gasteiger partial charge in [0.15, 0.2) is 9.84 Å². The number of halogens is 2. The van der Waals surface area contributed by atoms with E-state index in [1.807, 2.05) is 24.3 Å². The lowest BCUT2D eigenvalue weighted by Gasteiger charge is -2.27. The summed E-state index contributed by atoms with van der Waals surface area (Å²) in [6, 6.07) is 22.9. The van der Waals surface area contributed by atoms with Gasteiger partial charge in [0.1, 0.15) is 5.82 Å². The summed E-state index contributed by atoms with van der Waals surface area (Å²) in [5, 5.41) is 1.11. The number of rotatable bonds is 4. The van der Waals surface area contributed by atoms with Gasteiger partial charge in [-0.25, -0.2) is 8.42 Å². The molecule has 2 atom stereocenters. The molecule has 3 aromatic carbocycles. The van der Waals surface area contributed by atoms with Gasteiger partial charge in [-0.15, -0.1) is 0 Å². The van der Waals surface area contributed by atoms with Crippen LogP contribution in [0, 0.1) is 0 Å². The van der Waals surface area contributed by atoms with Crippen molar-refractivity contribution in [1.82, 2.24) is 4.57 Å². The van der Waals surface area contributed by atoms with Crippen molar-refractivity contribution < 1.29 is 13.2 Å². The summed E-state index contributed by atoms with van der Waals surface area (Å²) < 4.78 is 25.9. The first-order valence-corrected chi connectivity index (χ1v) is 14.1. The van der Waals surface area contributed by atoms with Crippen molar-refractivity contribution in [3.63, 3.8) is 0 Å². The second-order valence-electron chi connectivity index (χ2n) is 8.96. The first-order chi connectivity index (χ1) is 17.6. The Labute approximate surface area is 224 Å². The molecule has 1 aliphatic rings. The van der Waals surface area contributed by atoms with E-state index in [9.17, 15) is 18.0 Å². The standard InChI is InChI=1S/C28H22Cl2N2O4S/c1-17(33)31-25-15-14-24(20-4-3-5-23(16-20)37(2,35)36)28(34)32(25)27(19-8-12-22(30)13-9-19)26(31)18-6-10-21(29)11-7-18/h3-16,26-27H,1-2H3. The van der Waals surface area contributed by atoms with Crippen molar-refractivity contribution in [2.45, 2.75) is 23.9 Å². The number of hydrogen-bond donors (Lipinski definition) is 0. The number of carbonyl (C=O) groups excluding carboxylic acids is 1. The van der Waals surface area contributed by atoms with Crippen molar-refractivity contribution in [1.29, 1.82) is 0 Å². The smallest absolute Gasteiger partial charge is 0.260 e. The topological polar surface area (TPSA) is 76.5 Å². The van der Waals surface area contributed by atoms with Crippen LogP contribution < -0.4 is 10.5 Å². The molecule has 0 bridgehead atoms. The van der Waals surface area contributed by atoms with Gasteiger partial charge in [-0.1, -0.05) is 59.6 Å². The van der Waals surface area contributed by atoms with Crippen LogP contribution in [0.3, 0.4) is 0 Å². The average molecular weight is 553 g/mol. The average Bonchev–Trinajstić information content (AvgIpc) is 3.21. The Hall–Kier alpha value is -3.39. The number of carbonyl (C=O) groups is 1. The van der Waals surface area contributed by atoms with Gasteiger partial charge in [0.25, 0.3) is 5.56 Å². The third-order valence-electron chi connectivity index (χ3n) is 6.53. The fraction of sp³-hybridized carbons (Fsp3) is 0.143. The number of amides is 1. The van der Waals surface area contributed by atoms with Crippen LogP contribution in [0.25, 0.3) is 11.1 Å². The van der Waals surface area contributed by atoms with E-state index < -0.39 is 21.9 Å². The Morgan fingerprint density at radius 2 is 1.38 bits per heavy atom. The second kappa shape index (κ2) is 9.49. The lowest BCUT2D eigenvalue weighted by molar-refractivity contribution is -0.117. The molecule has 5 rings (SSSR count). The molecule has 0 radical (unpaired) electrons. The molecule has 1 aliphatic heterocycles. The van der Waals surface area contributed by atoms with Crippen LogP contribution in [0.15, 0.2) is 94.6 Å². The molecule has 2 heterocycles. The minimum atomic E-state index is -3.47. The summed E-state index contributed by atoms with van der Waals surface area (Å²) in [6.45, 7) is 1.46. The van der Waals surface area contributed by atoms with Crippen LogP contribution in [-0.2, 0) is 14.6 Å². The van der Waals surface area contributed by atoms with Crippen LogP contribution in [0.5, 0.6) is 0 Å². The molecule has 0 N–H and O–H groups in total. The third kappa shape index (κ3) is 4.59. The molecule has 1 amide bonds. The molecule has 188 valence electrons. The van der Waals surface area contributed by atoms with Gasteiger partial charge < -0.3 is 0 Å². The third-order valence-corrected chi connectivity index (χ3v) is 8.15. The Morgan fingerprint density at radius 3 is 1.92 bits per heavy atom. The van der Waals surface area contributed by atoms with Crippen LogP contribution in [0.2, 0.25) is 10.0 Å². The van der Waals surface area contributed by atoms with E-state index >= 15 is 0 Å². The van der Waals surface area contributed by atoms with Gasteiger partial charge in [-0.2, -0.15) is 0 Å². The summed E-state index contributed by atoms with van der Waals surface area (Å²) >= 11 is 12.3. The molecule has 0 saturated carbocycles. The number of sulfone groups is 1. The Bertz CT molecular complexity index is 1680. The molecule has 0 aliphatic carbocycles. The molecule has 0 spiro atoms. The van der Waals surface area contributed by atoms with E-state index in [2.05, 4.69) is 0 Å². The second-order valence-corrected chi connectivity index (χ2v) is 11.9. The van der Waals surface area contributed by atoms with Crippen molar-refractivity contribution in [2.24, 2.45) is 0 Å². The molecule has 37 heavy (non-hydrogen) atoms. The Balaban J connectivity index is 1.78. The minimum Gasteiger partial charge on any atom is -0.288 e. The fourth-order valence-electron chi connectivity index (χ4n) is 4.89.